The van der Waals surface area contributed by atoms with E-state index in [-0.39, 0.29) is 18.1 Å². The number of hydrogen-bond donors (Lipinski definition) is 2. The van der Waals surface area contributed by atoms with Crippen LogP contribution >= 0.6 is 0 Å². The van der Waals surface area contributed by atoms with Gasteiger partial charge < -0.3 is 10.5 Å². The molecule has 92 valence electrons. The molecule has 1 amide bonds. The summed E-state index contributed by atoms with van der Waals surface area (Å²) in [6.07, 6.45) is 4.59. The lowest BCUT2D eigenvalue weighted by Crippen LogP contribution is -2.50. The van der Waals surface area contributed by atoms with Crippen LogP contribution in [0.15, 0.2) is 0 Å². The molecule has 0 aromatic rings. The van der Waals surface area contributed by atoms with Crippen LogP contribution in [0.1, 0.15) is 32.6 Å². The van der Waals surface area contributed by atoms with Gasteiger partial charge in [0.05, 0.1) is 24.7 Å². The van der Waals surface area contributed by atoms with Gasteiger partial charge in [0.25, 0.3) is 5.91 Å². The highest BCUT2D eigenvalue weighted by molar-refractivity contribution is 5.82. The predicted molar refractivity (Wildman–Crippen MR) is 58.4 cm³/mol. The molecule has 2 unspecified atom stereocenters. The number of ether oxygens (including phenoxy) is 1. The Balaban J connectivity index is 1.82. The van der Waals surface area contributed by atoms with Gasteiger partial charge in [-0.2, -0.15) is 0 Å². The molecule has 16 heavy (non-hydrogen) atoms. The highest BCUT2D eigenvalue weighted by Crippen LogP contribution is 2.27. The van der Waals surface area contributed by atoms with E-state index in [1.165, 1.54) is 12.8 Å². The van der Waals surface area contributed by atoms with Crippen molar-refractivity contribution in [3.63, 3.8) is 0 Å². The fourth-order valence-electron chi connectivity index (χ4n) is 2.18. The van der Waals surface area contributed by atoms with Crippen LogP contribution < -0.4 is 11.2 Å². The highest BCUT2D eigenvalue weighted by Gasteiger charge is 2.44. The Kier molecular flexibility index (Phi) is 3.47. The molecule has 0 aromatic heterocycles. The van der Waals surface area contributed by atoms with Crippen molar-refractivity contribution in [2.45, 2.75) is 44.8 Å². The Morgan fingerprint density at radius 1 is 1.50 bits per heavy atom. The summed E-state index contributed by atoms with van der Waals surface area (Å²) in [6, 6.07) is -0.250. The van der Waals surface area contributed by atoms with Crippen molar-refractivity contribution in [2.24, 2.45) is 11.1 Å². The molecule has 2 atom stereocenters. The lowest BCUT2D eigenvalue weighted by atomic mass is 9.85. The minimum atomic E-state index is -0.654. The molecule has 5 nitrogen and oxygen atoms in total. The highest BCUT2D eigenvalue weighted by atomic mass is 16.7. The summed E-state index contributed by atoms with van der Waals surface area (Å²) in [5.41, 5.74) is 7.74. The zero-order valence-corrected chi connectivity index (χ0v) is 9.70. The van der Waals surface area contributed by atoms with Gasteiger partial charge in [-0.1, -0.05) is 12.8 Å². The molecule has 1 saturated heterocycles. The first-order valence-electron chi connectivity index (χ1n) is 5.92. The van der Waals surface area contributed by atoms with Crippen LogP contribution in [-0.4, -0.2) is 31.3 Å². The Hall–Kier alpha value is -0.650. The van der Waals surface area contributed by atoms with Crippen molar-refractivity contribution < 1.29 is 14.4 Å². The van der Waals surface area contributed by atoms with Crippen molar-refractivity contribution in [3.05, 3.63) is 0 Å². The van der Waals surface area contributed by atoms with E-state index in [9.17, 15) is 4.79 Å². The first-order valence-corrected chi connectivity index (χ1v) is 5.92. The van der Waals surface area contributed by atoms with E-state index in [2.05, 4.69) is 5.48 Å². The Labute approximate surface area is 95.6 Å². The molecule has 2 fully saturated rings. The predicted octanol–water partition coefficient (Wildman–Crippen LogP) is 0.341. The molecule has 3 N–H and O–H groups in total. The summed E-state index contributed by atoms with van der Waals surface area (Å²) in [7, 11) is 0. The molecule has 2 aliphatic rings. The number of hydrogen-bond acceptors (Lipinski definition) is 4. The zero-order chi connectivity index (χ0) is 11.6. The molecule has 0 spiro atoms. The molecule has 2 rings (SSSR count). The van der Waals surface area contributed by atoms with Gasteiger partial charge >= 0.3 is 0 Å². The molecule has 1 aliphatic heterocycles. The first-order chi connectivity index (χ1) is 7.63. The van der Waals surface area contributed by atoms with Crippen LogP contribution in [0.4, 0.5) is 0 Å². The van der Waals surface area contributed by atoms with E-state index in [1.54, 1.807) is 0 Å². The van der Waals surface area contributed by atoms with E-state index >= 15 is 0 Å². The fourth-order valence-corrected chi connectivity index (χ4v) is 2.18. The number of rotatable bonds is 3. The second-order valence-electron chi connectivity index (χ2n) is 4.99. The zero-order valence-electron chi connectivity index (χ0n) is 9.70. The molecule has 1 aliphatic carbocycles. The van der Waals surface area contributed by atoms with Crippen molar-refractivity contribution in [1.82, 2.24) is 5.48 Å². The van der Waals surface area contributed by atoms with Crippen LogP contribution in [0.3, 0.4) is 0 Å². The number of nitrogens with two attached hydrogens (primary N) is 1. The molecule has 1 saturated carbocycles. The van der Waals surface area contributed by atoms with Crippen LogP contribution in [0.5, 0.6) is 0 Å². The summed E-state index contributed by atoms with van der Waals surface area (Å²) in [4.78, 5) is 17.3. The number of carbonyl (C=O) groups is 1. The second kappa shape index (κ2) is 4.69. The van der Waals surface area contributed by atoms with E-state index in [0.717, 1.165) is 12.8 Å². The third kappa shape index (κ3) is 2.21. The van der Waals surface area contributed by atoms with Gasteiger partial charge in [0.1, 0.15) is 0 Å². The number of amides is 1. The minimum Gasteiger partial charge on any atom is -0.379 e. The fraction of sp³-hybridized carbons (Fsp3) is 0.909. The van der Waals surface area contributed by atoms with Gasteiger partial charge in [0.15, 0.2) is 0 Å². The first kappa shape index (κ1) is 11.8. The van der Waals surface area contributed by atoms with Crippen molar-refractivity contribution >= 4 is 5.91 Å². The number of nitrogens with one attached hydrogen (secondary N) is 1. The minimum absolute atomic E-state index is 0.163. The van der Waals surface area contributed by atoms with E-state index < -0.39 is 5.41 Å². The third-order valence-electron chi connectivity index (χ3n) is 3.66. The standard InChI is InChI=1S/C11H20N2O3/c1-11(7-15-6-9(11)12)10(14)13-16-8-4-2-3-5-8/h8-9H,2-7,12H2,1H3,(H,13,14). The van der Waals surface area contributed by atoms with Crippen LogP contribution in [-0.2, 0) is 14.4 Å². The summed E-state index contributed by atoms with van der Waals surface area (Å²) in [5, 5.41) is 0. The monoisotopic (exact) mass is 228 g/mol. The molecular weight excluding hydrogens is 208 g/mol. The molecular formula is C11H20N2O3. The second-order valence-corrected chi connectivity index (χ2v) is 4.99. The molecule has 0 aromatic carbocycles. The average molecular weight is 228 g/mol. The maximum Gasteiger partial charge on any atom is 0.253 e. The van der Waals surface area contributed by atoms with Crippen molar-refractivity contribution in [1.29, 1.82) is 0 Å². The lowest BCUT2D eigenvalue weighted by molar-refractivity contribution is -0.148. The van der Waals surface area contributed by atoms with E-state index in [1.807, 2.05) is 6.92 Å². The van der Waals surface area contributed by atoms with Crippen molar-refractivity contribution in [2.75, 3.05) is 13.2 Å². The van der Waals surface area contributed by atoms with Gasteiger partial charge in [-0.15, -0.1) is 0 Å². The van der Waals surface area contributed by atoms with Crippen molar-refractivity contribution in [3.8, 4) is 0 Å². The smallest absolute Gasteiger partial charge is 0.253 e. The Bertz CT molecular complexity index is 266. The summed E-state index contributed by atoms with van der Waals surface area (Å²) < 4.78 is 5.22. The van der Waals surface area contributed by atoms with Crippen LogP contribution in [0.25, 0.3) is 0 Å². The van der Waals surface area contributed by atoms with E-state index in [4.69, 9.17) is 15.3 Å². The maximum absolute atomic E-state index is 11.9. The SMILES string of the molecule is CC1(C(=O)NOC2CCCC2)COCC1N. The molecule has 0 radical (unpaired) electrons. The molecule has 0 bridgehead atoms. The maximum atomic E-state index is 11.9. The Morgan fingerprint density at radius 3 is 2.75 bits per heavy atom. The van der Waals surface area contributed by atoms with Gasteiger partial charge in [-0.05, 0) is 19.8 Å². The number of carbonyl (C=O) groups excluding carboxylic acids is 1. The van der Waals surface area contributed by atoms with Crippen LogP contribution in [0.2, 0.25) is 0 Å². The van der Waals surface area contributed by atoms with E-state index in [0.29, 0.717) is 13.2 Å². The largest absolute Gasteiger partial charge is 0.379 e. The van der Waals surface area contributed by atoms with Gasteiger partial charge in [-0.25, -0.2) is 5.48 Å². The lowest BCUT2D eigenvalue weighted by Gasteiger charge is -2.25. The molecule has 5 heteroatoms. The average Bonchev–Trinajstić information content (AvgIpc) is 2.87. The third-order valence-corrected chi connectivity index (χ3v) is 3.66. The summed E-state index contributed by atoms with van der Waals surface area (Å²) in [6.45, 7) is 2.62. The number of hydroxylamine groups is 1. The molecule has 1 heterocycles. The summed E-state index contributed by atoms with van der Waals surface area (Å²) in [5.74, 6) is -0.163. The quantitative estimate of drug-likeness (QED) is 0.683. The van der Waals surface area contributed by atoms with Gasteiger partial charge in [0, 0.05) is 6.04 Å². The van der Waals surface area contributed by atoms with Gasteiger partial charge in [0.2, 0.25) is 0 Å². The normalized spacial score (nSPS) is 35.5. The van der Waals surface area contributed by atoms with Gasteiger partial charge in [-0.3, -0.25) is 9.63 Å². The van der Waals surface area contributed by atoms with Crippen LogP contribution in [0, 0.1) is 5.41 Å². The topological polar surface area (TPSA) is 73.6 Å². The Morgan fingerprint density at radius 2 is 2.19 bits per heavy atom. The summed E-state index contributed by atoms with van der Waals surface area (Å²) >= 11 is 0.